The summed E-state index contributed by atoms with van der Waals surface area (Å²) in [6.07, 6.45) is 2.97. The van der Waals surface area contributed by atoms with Gasteiger partial charge in [0, 0.05) is 28.8 Å². The zero-order chi connectivity index (χ0) is 13.7. The normalized spacial score (nSPS) is 16.6. The van der Waals surface area contributed by atoms with E-state index in [2.05, 4.69) is 20.8 Å². The van der Waals surface area contributed by atoms with Crippen LogP contribution in [0.3, 0.4) is 0 Å². The van der Waals surface area contributed by atoms with Gasteiger partial charge in [-0.25, -0.2) is 0 Å². The molecule has 0 saturated carbocycles. The molecule has 0 spiro atoms. The second kappa shape index (κ2) is 7.03. The lowest BCUT2D eigenvalue weighted by atomic mass is 10.1. The number of benzene rings is 1. The molecule has 4 nitrogen and oxygen atoms in total. The van der Waals surface area contributed by atoms with Crippen molar-refractivity contribution in [1.82, 2.24) is 0 Å². The molecule has 0 amide bonds. The number of ether oxygens (including phenoxy) is 1. The number of carbonyl (C=O) groups is 1. The zero-order valence-electron chi connectivity index (χ0n) is 10.7. The lowest BCUT2D eigenvalue weighted by molar-refractivity contribution is 0.0159. The van der Waals surface area contributed by atoms with Crippen molar-refractivity contribution in [2.45, 2.75) is 18.9 Å². The largest absolute Gasteiger partial charge is 0.394 e. The van der Waals surface area contributed by atoms with Crippen LogP contribution in [0.2, 0.25) is 0 Å². The summed E-state index contributed by atoms with van der Waals surface area (Å²) in [5.41, 5.74) is 1.70. The molecule has 104 valence electrons. The third-order valence-corrected chi connectivity index (χ3v) is 3.84. The minimum atomic E-state index is 0.0716. The second-order valence-electron chi connectivity index (χ2n) is 4.60. The van der Waals surface area contributed by atoms with Gasteiger partial charge in [-0.05, 0) is 31.0 Å². The molecule has 2 rings (SSSR count). The van der Waals surface area contributed by atoms with E-state index in [9.17, 15) is 4.79 Å². The van der Waals surface area contributed by atoms with Gasteiger partial charge in [0.2, 0.25) is 0 Å². The van der Waals surface area contributed by atoms with E-state index >= 15 is 0 Å². The Hall–Kier alpha value is -0.910. The molecule has 0 bridgehead atoms. The van der Waals surface area contributed by atoms with E-state index in [1.807, 2.05) is 18.2 Å². The number of aliphatic hydroxyl groups excluding tert-OH is 1. The summed E-state index contributed by atoms with van der Waals surface area (Å²) in [6.45, 7) is 2.22. The standard InChI is InChI=1S/C14H18BrNO3/c15-12-1-2-14(11(9-12)10-18)16-5-3-13(4-6-16)19-8-7-17/h1-2,9-10,13,17H,3-8H2. The molecule has 1 aliphatic rings. The van der Waals surface area contributed by atoms with E-state index in [1.54, 1.807) is 0 Å². The number of hydrogen-bond donors (Lipinski definition) is 1. The van der Waals surface area contributed by atoms with Crippen molar-refractivity contribution in [3.63, 3.8) is 0 Å². The van der Waals surface area contributed by atoms with Crippen LogP contribution in [0.1, 0.15) is 23.2 Å². The fourth-order valence-electron chi connectivity index (χ4n) is 2.39. The van der Waals surface area contributed by atoms with Gasteiger partial charge in [-0.2, -0.15) is 0 Å². The monoisotopic (exact) mass is 327 g/mol. The number of carbonyl (C=O) groups excluding carboxylic acids is 1. The van der Waals surface area contributed by atoms with Gasteiger partial charge in [0.05, 0.1) is 19.3 Å². The number of anilines is 1. The molecule has 1 heterocycles. The molecule has 1 aromatic rings. The Labute approximate surface area is 121 Å². The summed E-state index contributed by atoms with van der Waals surface area (Å²) in [5, 5.41) is 8.74. The molecule has 0 radical (unpaired) electrons. The molecule has 1 saturated heterocycles. The zero-order valence-corrected chi connectivity index (χ0v) is 12.3. The average Bonchev–Trinajstić information content (AvgIpc) is 2.45. The second-order valence-corrected chi connectivity index (χ2v) is 5.52. The van der Waals surface area contributed by atoms with Gasteiger partial charge < -0.3 is 14.7 Å². The summed E-state index contributed by atoms with van der Waals surface area (Å²) in [5.74, 6) is 0. The van der Waals surface area contributed by atoms with Gasteiger partial charge in [0.25, 0.3) is 0 Å². The van der Waals surface area contributed by atoms with Gasteiger partial charge in [-0.3, -0.25) is 4.79 Å². The van der Waals surface area contributed by atoms with Crippen LogP contribution in [0, 0.1) is 0 Å². The fourth-order valence-corrected chi connectivity index (χ4v) is 2.77. The van der Waals surface area contributed by atoms with Crippen LogP contribution in [0.15, 0.2) is 22.7 Å². The summed E-state index contributed by atoms with van der Waals surface area (Å²) in [7, 11) is 0. The van der Waals surface area contributed by atoms with Gasteiger partial charge in [-0.15, -0.1) is 0 Å². The number of halogens is 1. The average molecular weight is 328 g/mol. The quantitative estimate of drug-likeness (QED) is 0.843. The molecule has 0 atom stereocenters. The maximum Gasteiger partial charge on any atom is 0.152 e. The molecule has 1 fully saturated rings. The highest BCUT2D eigenvalue weighted by molar-refractivity contribution is 9.10. The molecular weight excluding hydrogens is 310 g/mol. The highest BCUT2D eigenvalue weighted by atomic mass is 79.9. The number of rotatable bonds is 5. The summed E-state index contributed by atoms with van der Waals surface area (Å²) in [6, 6.07) is 5.77. The molecule has 5 heteroatoms. The van der Waals surface area contributed by atoms with E-state index < -0.39 is 0 Å². The van der Waals surface area contributed by atoms with Crippen LogP contribution < -0.4 is 4.90 Å². The first-order valence-electron chi connectivity index (χ1n) is 6.46. The van der Waals surface area contributed by atoms with Crippen molar-refractivity contribution in [2.24, 2.45) is 0 Å². The van der Waals surface area contributed by atoms with Crippen LogP contribution >= 0.6 is 15.9 Å². The third kappa shape index (κ3) is 3.78. The Morgan fingerprint density at radius 1 is 1.42 bits per heavy atom. The van der Waals surface area contributed by atoms with Crippen LogP contribution in [-0.4, -0.2) is 43.8 Å². The molecule has 0 aromatic heterocycles. The molecule has 0 aliphatic carbocycles. The summed E-state index contributed by atoms with van der Waals surface area (Å²) < 4.78 is 6.45. The van der Waals surface area contributed by atoms with Crippen molar-refractivity contribution in [3.05, 3.63) is 28.2 Å². The number of hydrogen-bond acceptors (Lipinski definition) is 4. The van der Waals surface area contributed by atoms with Crippen LogP contribution in [-0.2, 0) is 4.74 Å². The van der Waals surface area contributed by atoms with E-state index in [4.69, 9.17) is 9.84 Å². The van der Waals surface area contributed by atoms with Crippen molar-refractivity contribution in [2.75, 3.05) is 31.2 Å². The Kier molecular flexibility index (Phi) is 5.36. The van der Waals surface area contributed by atoms with Gasteiger partial charge in [0.1, 0.15) is 0 Å². The lowest BCUT2D eigenvalue weighted by Gasteiger charge is -2.34. The Morgan fingerprint density at radius 2 is 2.16 bits per heavy atom. The Morgan fingerprint density at radius 3 is 2.79 bits per heavy atom. The third-order valence-electron chi connectivity index (χ3n) is 3.34. The van der Waals surface area contributed by atoms with Crippen molar-refractivity contribution in [1.29, 1.82) is 0 Å². The van der Waals surface area contributed by atoms with Gasteiger partial charge in [0.15, 0.2) is 6.29 Å². The van der Waals surface area contributed by atoms with E-state index in [0.717, 1.165) is 42.4 Å². The molecule has 0 unspecified atom stereocenters. The van der Waals surface area contributed by atoms with E-state index in [-0.39, 0.29) is 12.7 Å². The van der Waals surface area contributed by atoms with Crippen LogP contribution in [0.5, 0.6) is 0 Å². The number of nitrogens with zero attached hydrogens (tertiary/aromatic N) is 1. The molecular formula is C14H18BrNO3. The number of aliphatic hydroxyl groups is 1. The molecule has 1 N–H and O–H groups in total. The first kappa shape index (κ1) is 14.5. The smallest absolute Gasteiger partial charge is 0.152 e. The minimum Gasteiger partial charge on any atom is -0.394 e. The van der Waals surface area contributed by atoms with Crippen molar-refractivity contribution < 1.29 is 14.6 Å². The van der Waals surface area contributed by atoms with Crippen LogP contribution in [0.25, 0.3) is 0 Å². The minimum absolute atomic E-state index is 0.0716. The maximum absolute atomic E-state index is 11.1. The van der Waals surface area contributed by atoms with Gasteiger partial charge >= 0.3 is 0 Å². The predicted octanol–water partition coefficient (Wildman–Crippen LogP) is 2.24. The van der Waals surface area contributed by atoms with Gasteiger partial charge in [-0.1, -0.05) is 15.9 Å². The Bertz CT molecular complexity index is 431. The Balaban J connectivity index is 1.99. The maximum atomic E-state index is 11.1. The fraction of sp³-hybridized carbons (Fsp3) is 0.500. The molecule has 19 heavy (non-hydrogen) atoms. The summed E-state index contributed by atoms with van der Waals surface area (Å²) >= 11 is 3.38. The molecule has 1 aromatic carbocycles. The topological polar surface area (TPSA) is 49.8 Å². The highest BCUT2D eigenvalue weighted by Crippen LogP contribution is 2.26. The summed E-state index contributed by atoms with van der Waals surface area (Å²) in [4.78, 5) is 13.3. The number of piperidine rings is 1. The predicted molar refractivity (Wildman–Crippen MR) is 77.8 cm³/mol. The van der Waals surface area contributed by atoms with Crippen molar-refractivity contribution >= 4 is 27.9 Å². The number of aldehydes is 1. The highest BCUT2D eigenvalue weighted by Gasteiger charge is 2.21. The van der Waals surface area contributed by atoms with Crippen molar-refractivity contribution in [3.8, 4) is 0 Å². The first-order valence-corrected chi connectivity index (χ1v) is 7.26. The van der Waals surface area contributed by atoms with Crippen LogP contribution in [0.4, 0.5) is 5.69 Å². The lowest BCUT2D eigenvalue weighted by Crippen LogP contribution is -2.37. The molecule has 1 aliphatic heterocycles. The SMILES string of the molecule is O=Cc1cc(Br)ccc1N1CCC(OCCO)CC1. The van der Waals surface area contributed by atoms with E-state index in [0.29, 0.717) is 12.2 Å². The first-order chi connectivity index (χ1) is 9.24. The van der Waals surface area contributed by atoms with E-state index in [1.165, 1.54) is 0 Å².